The molecule has 0 unspecified atom stereocenters. The molecule has 0 aliphatic carbocycles. The fourth-order valence-electron chi connectivity index (χ4n) is 3.20. The van der Waals surface area contributed by atoms with Gasteiger partial charge in [0.1, 0.15) is 10.7 Å². The second-order valence-corrected chi connectivity index (χ2v) is 7.52. The van der Waals surface area contributed by atoms with Crippen LogP contribution in [-0.4, -0.2) is 52.1 Å². The van der Waals surface area contributed by atoms with Crippen LogP contribution < -0.4 is 4.90 Å². The van der Waals surface area contributed by atoms with Gasteiger partial charge in [0, 0.05) is 38.9 Å². The van der Waals surface area contributed by atoms with E-state index in [-0.39, 0.29) is 0 Å². The van der Waals surface area contributed by atoms with Crippen molar-refractivity contribution >= 4 is 23.1 Å². The van der Waals surface area contributed by atoms with E-state index >= 15 is 0 Å². The Labute approximate surface area is 161 Å². The highest BCUT2D eigenvalue weighted by Crippen LogP contribution is 2.27. The van der Waals surface area contributed by atoms with E-state index in [1.807, 2.05) is 48.7 Å². The zero-order valence-corrected chi connectivity index (χ0v) is 15.6. The second-order valence-electron chi connectivity index (χ2n) is 6.43. The lowest BCUT2D eigenvalue weighted by Crippen LogP contribution is -2.46. The minimum atomic E-state index is -0.895. The largest absolute Gasteiger partial charge is 0.477 e. The molecule has 7 heteroatoms. The maximum atomic E-state index is 11.1. The molecule has 1 fully saturated rings. The molecular weight excluding hydrogens is 360 g/mol. The summed E-state index contributed by atoms with van der Waals surface area (Å²) in [6.45, 7) is 4.61. The van der Waals surface area contributed by atoms with Gasteiger partial charge in [-0.2, -0.15) is 0 Å². The Balaban J connectivity index is 1.39. The third-order valence-corrected chi connectivity index (χ3v) is 5.70. The molecule has 6 nitrogen and oxygen atoms in total. The quantitative estimate of drug-likeness (QED) is 0.733. The summed E-state index contributed by atoms with van der Waals surface area (Å²) in [7, 11) is 0. The highest BCUT2D eigenvalue weighted by Gasteiger charge is 2.18. The number of aromatic carboxylic acids is 1. The summed E-state index contributed by atoms with van der Waals surface area (Å²) >= 11 is 1.26. The molecule has 138 valence electrons. The Morgan fingerprint density at radius 3 is 2.59 bits per heavy atom. The van der Waals surface area contributed by atoms with Gasteiger partial charge < -0.3 is 10.0 Å². The Kier molecular flexibility index (Phi) is 5.13. The number of piperazine rings is 1. The summed E-state index contributed by atoms with van der Waals surface area (Å²) in [4.78, 5) is 26.2. The molecule has 0 saturated carbocycles. The van der Waals surface area contributed by atoms with Crippen LogP contribution >= 0.6 is 11.3 Å². The van der Waals surface area contributed by atoms with Crippen molar-refractivity contribution in [2.75, 3.05) is 31.1 Å². The SMILES string of the molecule is O=C(O)c1ccc(-c2cccc(CN3CCN(c4ccccn4)CC3)n2)s1. The first kappa shape index (κ1) is 17.6. The fraction of sp³-hybridized carbons (Fsp3) is 0.250. The molecule has 4 heterocycles. The van der Waals surface area contributed by atoms with Crippen LogP contribution in [0, 0.1) is 0 Å². The van der Waals surface area contributed by atoms with Gasteiger partial charge in [0.05, 0.1) is 16.3 Å². The molecule has 0 bridgehead atoms. The summed E-state index contributed by atoms with van der Waals surface area (Å²) in [5, 5.41) is 9.09. The maximum absolute atomic E-state index is 11.1. The van der Waals surface area contributed by atoms with Crippen molar-refractivity contribution in [2.24, 2.45) is 0 Å². The normalized spacial score (nSPS) is 15.0. The van der Waals surface area contributed by atoms with Crippen LogP contribution in [0.3, 0.4) is 0 Å². The van der Waals surface area contributed by atoms with Gasteiger partial charge in [-0.25, -0.2) is 9.78 Å². The lowest BCUT2D eigenvalue weighted by molar-refractivity contribution is 0.0702. The zero-order chi connectivity index (χ0) is 18.6. The summed E-state index contributed by atoms with van der Waals surface area (Å²) in [6, 6.07) is 15.4. The van der Waals surface area contributed by atoms with E-state index in [9.17, 15) is 4.79 Å². The molecule has 3 aromatic rings. The van der Waals surface area contributed by atoms with E-state index in [0.29, 0.717) is 4.88 Å². The fourth-order valence-corrected chi connectivity index (χ4v) is 4.02. The number of aromatic nitrogens is 2. The van der Waals surface area contributed by atoms with Crippen LogP contribution in [0.2, 0.25) is 0 Å². The monoisotopic (exact) mass is 380 g/mol. The molecule has 3 aromatic heterocycles. The van der Waals surface area contributed by atoms with Crippen molar-refractivity contribution in [3.8, 4) is 10.6 Å². The predicted octanol–water partition coefficient (Wildman–Crippen LogP) is 3.23. The second kappa shape index (κ2) is 7.85. The Bertz CT molecular complexity index is 920. The number of thiophene rings is 1. The first-order valence-electron chi connectivity index (χ1n) is 8.87. The Hall–Kier alpha value is -2.77. The molecule has 1 aliphatic heterocycles. The van der Waals surface area contributed by atoms with Crippen LogP contribution in [0.1, 0.15) is 15.4 Å². The highest BCUT2D eigenvalue weighted by atomic mass is 32.1. The van der Waals surface area contributed by atoms with Crippen molar-refractivity contribution in [1.82, 2.24) is 14.9 Å². The lowest BCUT2D eigenvalue weighted by atomic mass is 10.2. The molecular formula is C20H20N4O2S. The molecule has 0 radical (unpaired) electrons. The maximum Gasteiger partial charge on any atom is 0.345 e. The number of pyridine rings is 2. The average Bonchev–Trinajstić information content (AvgIpc) is 3.20. The van der Waals surface area contributed by atoms with E-state index in [4.69, 9.17) is 10.1 Å². The first-order chi connectivity index (χ1) is 13.2. The zero-order valence-electron chi connectivity index (χ0n) is 14.8. The van der Waals surface area contributed by atoms with Crippen molar-refractivity contribution in [2.45, 2.75) is 6.54 Å². The Morgan fingerprint density at radius 2 is 1.89 bits per heavy atom. The summed E-state index contributed by atoms with van der Waals surface area (Å²) in [5.74, 6) is 0.136. The van der Waals surface area contributed by atoms with Gasteiger partial charge in [0.25, 0.3) is 0 Å². The minimum absolute atomic E-state index is 0.336. The van der Waals surface area contributed by atoms with Crippen molar-refractivity contribution in [3.05, 3.63) is 65.3 Å². The van der Waals surface area contributed by atoms with Crippen molar-refractivity contribution < 1.29 is 9.90 Å². The first-order valence-corrected chi connectivity index (χ1v) is 9.68. The minimum Gasteiger partial charge on any atom is -0.477 e. The molecule has 0 atom stereocenters. The van der Waals surface area contributed by atoms with E-state index < -0.39 is 5.97 Å². The van der Waals surface area contributed by atoms with Crippen LogP contribution in [-0.2, 0) is 6.54 Å². The summed E-state index contributed by atoms with van der Waals surface area (Å²) in [6.07, 6.45) is 1.83. The van der Waals surface area contributed by atoms with Crippen LogP contribution in [0.5, 0.6) is 0 Å². The molecule has 4 rings (SSSR count). The third kappa shape index (κ3) is 4.15. The number of rotatable bonds is 5. The molecule has 0 amide bonds. The van der Waals surface area contributed by atoms with Gasteiger partial charge in [-0.15, -0.1) is 11.3 Å². The summed E-state index contributed by atoms with van der Waals surface area (Å²) < 4.78 is 0. The molecule has 1 saturated heterocycles. The topological polar surface area (TPSA) is 69.6 Å². The summed E-state index contributed by atoms with van der Waals surface area (Å²) in [5.41, 5.74) is 1.83. The standard InChI is InChI=1S/C20H20N4O2S/c25-20(26)18-8-7-17(27-18)16-5-3-4-15(22-16)14-23-10-12-24(13-11-23)19-6-1-2-9-21-19/h1-9H,10-14H2,(H,25,26). The third-order valence-electron chi connectivity index (χ3n) is 4.61. The molecule has 1 aliphatic rings. The number of hydrogen-bond acceptors (Lipinski definition) is 6. The smallest absolute Gasteiger partial charge is 0.345 e. The van der Waals surface area contributed by atoms with Crippen LogP contribution in [0.25, 0.3) is 10.6 Å². The van der Waals surface area contributed by atoms with Crippen molar-refractivity contribution in [1.29, 1.82) is 0 Å². The van der Waals surface area contributed by atoms with Crippen LogP contribution in [0.4, 0.5) is 5.82 Å². The predicted molar refractivity (Wildman–Crippen MR) is 106 cm³/mol. The average molecular weight is 380 g/mol. The van der Waals surface area contributed by atoms with E-state index in [1.165, 1.54) is 11.3 Å². The van der Waals surface area contributed by atoms with E-state index in [2.05, 4.69) is 14.8 Å². The number of anilines is 1. The number of carboxylic acids is 1. The van der Waals surface area contributed by atoms with Gasteiger partial charge in [0.15, 0.2) is 0 Å². The van der Waals surface area contributed by atoms with Gasteiger partial charge in [0.2, 0.25) is 0 Å². The van der Waals surface area contributed by atoms with E-state index in [0.717, 1.165) is 54.8 Å². The van der Waals surface area contributed by atoms with Gasteiger partial charge in [-0.3, -0.25) is 9.88 Å². The Morgan fingerprint density at radius 1 is 1.04 bits per heavy atom. The molecule has 0 spiro atoms. The molecule has 1 N–H and O–H groups in total. The van der Waals surface area contributed by atoms with Gasteiger partial charge in [-0.05, 0) is 36.4 Å². The number of hydrogen-bond donors (Lipinski definition) is 1. The number of carbonyl (C=O) groups is 1. The number of nitrogens with zero attached hydrogens (tertiary/aromatic N) is 4. The van der Waals surface area contributed by atoms with Gasteiger partial charge in [-0.1, -0.05) is 12.1 Å². The highest BCUT2D eigenvalue weighted by molar-refractivity contribution is 7.17. The van der Waals surface area contributed by atoms with Crippen LogP contribution in [0.15, 0.2) is 54.7 Å². The number of carboxylic acid groups (broad SMARTS) is 1. The van der Waals surface area contributed by atoms with Gasteiger partial charge >= 0.3 is 5.97 Å². The molecule has 0 aromatic carbocycles. The molecule has 27 heavy (non-hydrogen) atoms. The van der Waals surface area contributed by atoms with E-state index in [1.54, 1.807) is 6.07 Å². The van der Waals surface area contributed by atoms with Crippen molar-refractivity contribution in [3.63, 3.8) is 0 Å². The lowest BCUT2D eigenvalue weighted by Gasteiger charge is -2.35.